The Morgan fingerprint density at radius 1 is 1.11 bits per heavy atom. The largest absolute Gasteiger partial charge is 0.366 e. The van der Waals surface area contributed by atoms with Crippen molar-refractivity contribution in [2.24, 2.45) is 5.73 Å². The predicted molar refractivity (Wildman–Crippen MR) is 103 cm³/mol. The second-order valence-electron chi connectivity index (χ2n) is 6.83. The second-order valence-corrected chi connectivity index (χ2v) is 6.83. The van der Waals surface area contributed by atoms with Gasteiger partial charge in [-0.25, -0.2) is 9.37 Å². The van der Waals surface area contributed by atoms with E-state index >= 15 is 0 Å². The van der Waals surface area contributed by atoms with Gasteiger partial charge >= 0.3 is 0 Å². The van der Waals surface area contributed by atoms with Gasteiger partial charge in [0.05, 0.1) is 11.1 Å². The molecule has 3 N–H and O–H groups in total. The van der Waals surface area contributed by atoms with Crippen LogP contribution in [0.3, 0.4) is 0 Å². The van der Waals surface area contributed by atoms with Crippen LogP contribution in [-0.4, -0.2) is 53.5 Å². The Morgan fingerprint density at radius 3 is 2.56 bits per heavy atom. The zero-order valence-electron chi connectivity index (χ0n) is 15.0. The number of rotatable bonds is 5. The van der Waals surface area contributed by atoms with Crippen molar-refractivity contribution in [2.75, 3.05) is 37.6 Å². The van der Waals surface area contributed by atoms with Crippen LogP contribution in [0.5, 0.6) is 0 Å². The fourth-order valence-electron chi connectivity index (χ4n) is 3.49. The molecule has 0 saturated carbocycles. The Kier molecular flexibility index (Phi) is 4.77. The van der Waals surface area contributed by atoms with E-state index in [0.29, 0.717) is 11.1 Å². The third-order valence-electron chi connectivity index (χ3n) is 5.07. The van der Waals surface area contributed by atoms with E-state index in [0.717, 1.165) is 56.2 Å². The highest BCUT2D eigenvalue weighted by atomic mass is 19.1. The lowest BCUT2D eigenvalue weighted by atomic mass is 10.1. The van der Waals surface area contributed by atoms with Crippen molar-refractivity contribution >= 4 is 22.9 Å². The van der Waals surface area contributed by atoms with E-state index in [-0.39, 0.29) is 5.82 Å². The molecule has 27 heavy (non-hydrogen) atoms. The highest BCUT2D eigenvalue weighted by Gasteiger charge is 2.20. The van der Waals surface area contributed by atoms with Crippen molar-refractivity contribution in [1.29, 1.82) is 0 Å². The molecule has 1 aromatic heterocycles. The number of para-hydroxylation sites is 1. The number of benzene rings is 2. The highest BCUT2D eigenvalue weighted by Crippen LogP contribution is 2.21. The van der Waals surface area contributed by atoms with Crippen LogP contribution in [0.2, 0.25) is 0 Å². The van der Waals surface area contributed by atoms with Gasteiger partial charge in [-0.15, -0.1) is 0 Å². The van der Waals surface area contributed by atoms with E-state index in [4.69, 9.17) is 5.73 Å². The van der Waals surface area contributed by atoms with Crippen molar-refractivity contribution in [3.05, 3.63) is 59.4 Å². The van der Waals surface area contributed by atoms with Gasteiger partial charge in [-0.3, -0.25) is 9.69 Å². The maximum atomic E-state index is 13.0. The van der Waals surface area contributed by atoms with Crippen LogP contribution < -0.4 is 10.6 Å². The first kappa shape index (κ1) is 17.5. The lowest BCUT2D eigenvalue weighted by Crippen LogP contribution is -2.47. The van der Waals surface area contributed by atoms with Crippen LogP contribution in [-0.2, 0) is 6.42 Å². The molecule has 1 amide bonds. The monoisotopic (exact) mass is 367 g/mol. The smallest absolute Gasteiger partial charge is 0.250 e. The van der Waals surface area contributed by atoms with Gasteiger partial charge in [0.1, 0.15) is 11.3 Å². The number of nitrogens with zero attached hydrogens (tertiary/aromatic N) is 3. The number of hydrogen-bond acceptors (Lipinski definition) is 4. The normalized spacial score (nSPS) is 15.4. The van der Waals surface area contributed by atoms with Crippen molar-refractivity contribution in [3.63, 3.8) is 0 Å². The van der Waals surface area contributed by atoms with Crippen LogP contribution in [0.15, 0.2) is 42.5 Å². The van der Waals surface area contributed by atoms with Gasteiger partial charge in [0.2, 0.25) is 5.95 Å². The lowest BCUT2D eigenvalue weighted by Gasteiger charge is -2.34. The molecule has 0 unspecified atom stereocenters. The number of primary amides is 1. The minimum Gasteiger partial charge on any atom is -0.366 e. The molecule has 7 heteroatoms. The number of nitrogens with two attached hydrogens (primary N) is 1. The molecule has 0 spiro atoms. The Bertz CT molecular complexity index is 945. The molecule has 2 heterocycles. The number of aromatic amines is 1. The summed E-state index contributed by atoms with van der Waals surface area (Å²) in [5, 5.41) is 0. The molecule has 140 valence electrons. The van der Waals surface area contributed by atoms with E-state index in [2.05, 4.69) is 19.8 Å². The van der Waals surface area contributed by atoms with Gasteiger partial charge in [-0.1, -0.05) is 18.2 Å². The minimum atomic E-state index is -0.468. The number of piperazine rings is 1. The molecule has 1 fully saturated rings. The minimum absolute atomic E-state index is 0.197. The Labute approximate surface area is 156 Å². The van der Waals surface area contributed by atoms with Gasteiger partial charge < -0.3 is 15.6 Å². The molecule has 2 aromatic carbocycles. The molecule has 0 radical (unpaired) electrons. The van der Waals surface area contributed by atoms with Gasteiger partial charge in [0.15, 0.2) is 0 Å². The quantitative estimate of drug-likeness (QED) is 0.724. The van der Waals surface area contributed by atoms with E-state index in [1.165, 1.54) is 12.1 Å². The molecule has 4 rings (SSSR count). The number of halogens is 1. The summed E-state index contributed by atoms with van der Waals surface area (Å²) in [5.74, 6) is 0.110. The van der Waals surface area contributed by atoms with E-state index in [1.54, 1.807) is 12.1 Å². The van der Waals surface area contributed by atoms with Crippen LogP contribution in [0.4, 0.5) is 10.3 Å². The van der Waals surface area contributed by atoms with Crippen LogP contribution >= 0.6 is 0 Å². The molecular weight excluding hydrogens is 345 g/mol. The van der Waals surface area contributed by atoms with Crippen molar-refractivity contribution in [1.82, 2.24) is 14.9 Å². The summed E-state index contributed by atoms with van der Waals surface area (Å²) in [7, 11) is 0. The second kappa shape index (κ2) is 7.36. The number of H-pyrrole nitrogens is 1. The van der Waals surface area contributed by atoms with Gasteiger partial charge in [-0.05, 0) is 36.2 Å². The molecule has 0 atom stereocenters. The Morgan fingerprint density at radius 2 is 1.85 bits per heavy atom. The average Bonchev–Trinajstić information content (AvgIpc) is 3.12. The summed E-state index contributed by atoms with van der Waals surface area (Å²) >= 11 is 0. The number of amides is 1. The summed E-state index contributed by atoms with van der Waals surface area (Å²) < 4.78 is 13.0. The third-order valence-corrected chi connectivity index (χ3v) is 5.07. The summed E-state index contributed by atoms with van der Waals surface area (Å²) in [6.07, 6.45) is 0.910. The summed E-state index contributed by atoms with van der Waals surface area (Å²) in [5.41, 5.74) is 8.47. The number of hydrogen-bond donors (Lipinski definition) is 2. The molecule has 1 aliphatic rings. The van der Waals surface area contributed by atoms with Gasteiger partial charge in [0, 0.05) is 32.7 Å². The van der Waals surface area contributed by atoms with E-state index < -0.39 is 5.91 Å². The van der Waals surface area contributed by atoms with Crippen LogP contribution in [0, 0.1) is 5.82 Å². The molecule has 1 aliphatic heterocycles. The van der Waals surface area contributed by atoms with Crippen molar-refractivity contribution in [3.8, 4) is 0 Å². The first-order chi connectivity index (χ1) is 13.1. The average molecular weight is 367 g/mol. The number of carbonyl (C=O) groups is 1. The maximum Gasteiger partial charge on any atom is 0.250 e. The Balaban J connectivity index is 1.37. The van der Waals surface area contributed by atoms with Gasteiger partial charge in [0.25, 0.3) is 5.91 Å². The predicted octanol–water partition coefficient (Wildman–Crippen LogP) is 2.17. The zero-order valence-corrected chi connectivity index (χ0v) is 15.0. The topological polar surface area (TPSA) is 78.2 Å². The molecule has 6 nitrogen and oxygen atoms in total. The first-order valence-electron chi connectivity index (χ1n) is 9.10. The van der Waals surface area contributed by atoms with Gasteiger partial charge in [-0.2, -0.15) is 0 Å². The summed E-state index contributed by atoms with van der Waals surface area (Å²) in [6, 6.07) is 12.1. The van der Waals surface area contributed by atoms with E-state index in [1.807, 2.05) is 18.2 Å². The number of imidazole rings is 1. The zero-order chi connectivity index (χ0) is 18.8. The van der Waals surface area contributed by atoms with Crippen molar-refractivity contribution in [2.45, 2.75) is 6.42 Å². The van der Waals surface area contributed by atoms with Crippen molar-refractivity contribution < 1.29 is 9.18 Å². The highest BCUT2D eigenvalue weighted by molar-refractivity contribution is 6.04. The number of anilines is 1. The van der Waals surface area contributed by atoms with Crippen LogP contribution in [0.25, 0.3) is 11.0 Å². The standard InChI is InChI=1S/C20H22FN5O/c21-15-6-4-14(5-7-15)8-9-25-10-12-26(13-11-25)20-23-17-3-1-2-16(19(22)27)18(17)24-20/h1-7H,8-13H2,(H2,22,27)(H,23,24). The number of carbonyl (C=O) groups excluding carboxylic acids is 1. The third kappa shape index (κ3) is 3.78. The Hall–Kier alpha value is -2.93. The molecular formula is C20H22FN5O. The summed E-state index contributed by atoms with van der Waals surface area (Å²) in [6.45, 7) is 4.53. The summed E-state index contributed by atoms with van der Waals surface area (Å²) in [4.78, 5) is 24.1. The fourth-order valence-corrected chi connectivity index (χ4v) is 3.49. The molecule has 0 aliphatic carbocycles. The van der Waals surface area contributed by atoms with Crippen LogP contribution in [0.1, 0.15) is 15.9 Å². The first-order valence-corrected chi connectivity index (χ1v) is 9.10. The molecule has 0 bridgehead atoms. The number of aromatic nitrogens is 2. The SMILES string of the molecule is NC(=O)c1cccc2[nH]c(N3CCN(CCc4ccc(F)cc4)CC3)nc12. The maximum absolute atomic E-state index is 13.0. The lowest BCUT2D eigenvalue weighted by molar-refractivity contribution is 0.100. The molecule has 3 aromatic rings. The number of nitrogens with one attached hydrogen (secondary N) is 1. The molecule has 1 saturated heterocycles. The number of fused-ring (bicyclic) bond motifs is 1. The van der Waals surface area contributed by atoms with E-state index in [9.17, 15) is 9.18 Å². The fraction of sp³-hybridized carbons (Fsp3) is 0.300.